The fourth-order valence-electron chi connectivity index (χ4n) is 3.00. The lowest BCUT2D eigenvalue weighted by Gasteiger charge is -2.12. The minimum absolute atomic E-state index is 0.0222. The molecule has 1 heterocycles. The molecular formula is C21H21NO4S. The van der Waals surface area contributed by atoms with Crippen LogP contribution in [0.15, 0.2) is 56.6 Å². The molecule has 0 unspecified atom stereocenters. The smallest absolute Gasteiger partial charge is 0.349 e. The third-order valence-corrected chi connectivity index (χ3v) is 5.08. The molecule has 1 N–H and O–H groups in total. The number of ether oxygens (including phenoxy) is 1. The highest BCUT2D eigenvalue weighted by molar-refractivity contribution is 7.98. The molecule has 1 aromatic heterocycles. The SMILES string of the molecule is CCCc1c(OC)ccc2cc(C(=O)Nc3ccccc3SC)c(=O)oc12. The number of amides is 1. The van der Waals surface area contributed by atoms with Crippen molar-refractivity contribution in [3.8, 4) is 5.75 Å². The number of anilines is 1. The Bertz CT molecular complexity index is 1040. The van der Waals surface area contributed by atoms with E-state index in [4.69, 9.17) is 9.15 Å². The zero-order valence-electron chi connectivity index (χ0n) is 15.5. The minimum atomic E-state index is -0.660. The lowest BCUT2D eigenvalue weighted by Crippen LogP contribution is -2.21. The molecular weight excluding hydrogens is 362 g/mol. The summed E-state index contributed by atoms with van der Waals surface area (Å²) in [6.07, 6.45) is 3.53. The van der Waals surface area contributed by atoms with Crippen LogP contribution in [0.2, 0.25) is 0 Å². The van der Waals surface area contributed by atoms with E-state index in [9.17, 15) is 9.59 Å². The molecule has 0 radical (unpaired) electrons. The maximum absolute atomic E-state index is 12.7. The van der Waals surface area contributed by atoms with Gasteiger partial charge in [0.2, 0.25) is 0 Å². The lowest BCUT2D eigenvalue weighted by molar-refractivity contribution is 0.102. The van der Waals surface area contributed by atoms with Gasteiger partial charge in [-0.3, -0.25) is 4.79 Å². The largest absolute Gasteiger partial charge is 0.496 e. The second-order valence-corrected chi connectivity index (χ2v) is 6.86. The molecule has 0 bridgehead atoms. The number of methoxy groups -OCH3 is 1. The topological polar surface area (TPSA) is 68.5 Å². The van der Waals surface area contributed by atoms with Crippen LogP contribution >= 0.6 is 11.8 Å². The summed E-state index contributed by atoms with van der Waals surface area (Å²) in [6.45, 7) is 2.04. The van der Waals surface area contributed by atoms with Gasteiger partial charge in [-0.25, -0.2) is 4.79 Å². The Balaban J connectivity index is 2.04. The molecule has 3 aromatic rings. The van der Waals surface area contributed by atoms with Gasteiger partial charge in [0, 0.05) is 15.8 Å². The Kier molecular flexibility index (Phi) is 5.86. The molecule has 0 aliphatic carbocycles. The maximum Gasteiger partial charge on any atom is 0.349 e. The molecule has 27 heavy (non-hydrogen) atoms. The average molecular weight is 383 g/mol. The number of para-hydroxylation sites is 1. The molecule has 0 saturated carbocycles. The monoisotopic (exact) mass is 383 g/mol. The number of fused-ring (bicyclic) bond motifs is 1. The molecule has 0 fully saturated rings. The first kappa shape index (κ1) is 19.0. The quantitative estimate of drug-likeness (QED) is 0.492. The summed E-state index contributed by atoms with van der Waals surface area (Å²) in [5, 5.41) is 3.50. The Hall–Kier alpha value is -2.73. The number of carbonyl (C=O) groups excluding carboxylic acids is 1. The Morgan fingerprint density at radius 2 is 2.00 bits per heavy atom. The highest BCUT2D eigenvalue weighted by Crippen LogP contribution is 2.29. The van der Waals surface area contributed by atoms with Crippen molar-refractivity contribution in [1.29, 1.82) is 0 Å². The van der Waals surface area contributed by atoms with E-state index in [0.29, 0.717) is 22.4 Å². The van der Waals surface area contributed by atoms with Gasteiger partial charge in [-0.15, -0.1) is 11.8 Å². The molecule has 1 amide bonds. The van der Waals surface area contributed by atoms with Crippen LogP contribution in [0, 0.1) is 0 Å². The predicted molar refractivity (Wildman–Crippen MR) is 109 cm³/mol. The highest BCUT2D eigenvalue weighted by Gasteiger charge is 2.18. The zero-order chi connectivity index (χ0) is 19.4. The van der Waals surface area contributed by atoms with Crippen molar-refractivity contribution in [2.75, 3.05) is 18.7 Å². The summed E-state index contributed by atoms with van der Waals surface area (Å²) in [6, 6.07) is 12.6. The van der Waals surface area contributed by atoms with Crippen LogP contribution in [-0.4, -0.2) is 19.3 Å². The van der Waals surface area contributed by atoms with Crippen molar-refractivity contribution in [2.45, 2.75) is 24.7 Å². The van der Waals surface area contributed by atoms with Gasteiger partial charge in [0.1, 0.15) is 16.9 Å². The third-order valence-electron chi connectivity index (χ3n) is 4.28. The molecule has 0 saturated heterocycles. The third kappa shape index (κ3) is 3.85. The number of nitrogens with one attached hydrogen (secondary N) is 1. The maximum atomic E-state index is 12.7. The average Bonchev–Trinajstić information content (AvgIpc) is 2.68. The summed E-state index contributed by atoms with van der Waals surface area (Å²) in [5.74, 6) is 0.193. The Morgan fingerprint density at radius 3 is 2.70 bits per heavy atom. The fraction of sp³-hybridized carbons (Fsp3) is 0.238. The van der Waals surface area contributed by atoms with Gasteiger partial charge in [-0.05, 0) is 43.0 Å². The minimum Gasteiger partial charge on any atom is -0.496 e. The van der Waals surface area contributed by atoms with Gasteiger partial charge in [0.25, 0.3) is 5.91 Å². The number of rotatable bonds is 6. The molecule has 0 atom stereocenters. The lowest BCUT2D eigenvalue weighted by atomic mass is 10.0. The van der Waals surface area contributed by atoms with Crippen molar-refractivity contribution in [2.24, 2.45) is 0 Å². The van der Waals surface area contributed by atoms with Crippen molar-refractivity contribution >= 4 is 34.3 Å². The molecule has 6 heteroatoms. The molecule has 0 aliphatic rings. The molecule has 140 valence electrons. The van der Waals surface area contributed by atoms with Crippen molar-refractivity contribution in [1.82, 2.24) is 0 Å². The summed E-state index contributed by atoms with van der Waals surface area (Å²) < 4.78 is 10.9. The van der Waals surface area contributed by atoms with Gasteiger partial charge in [-0.2, -0.15) is 0 Å². The number of aryl methyl sites for hydroxylation is 1. The van der Waals surface area contributed by atoms with E-state index in [0.717, 1.165) is 23.3 Å². The second kappa shape index (κ2) is 8.31. The van der Waals surface area contributed by atoms with Crippen LogP contribution in [0.4, 0.5) is 5.69 Å². The van der Waals surface area contributed by atoms with Crippen molar-refractivity contribution < 1.29 is 13.9 Å². The number of benzene rings is 2. The van der Waals surface area contributed by atoms with Crippen LogP contribution in [0.25, 0.3) is 11.0 Å². The predicted octanol–water partition coefficient (Wildman–Crippen LogP) is 4.73. The van der Waals surface area contributed by atoms with Gasteiger partial charge in [-0.1, -0.05) is 25.5 Å². The number of hydrogen-bond acceptors (Lipinski definition) is 5. The fourth-order valence-corrected chi connectivity index (χ4v) is 3.55. The van der Waals surface area contributed by atoms with Gasteiger partial charge in [0.15, 0.2) is 0 Å². The first-order chi connectivity index (χ1) is 13.1. The molecule has 0 aliphatic heterocycles. The van der Waals surface area contributed by atoms with E-state index >= 15 is 0 Å². The first-order valence-corrected chi connectivity index (χ1v) is 9.89. The van der Waals surface area contributed by atoms with E-state index in [1.807, 2.05) is 37.4 Å². The Labute approximate surface area is 161 Å². The van der Waals surface area contributed by atoms with Crippen LogP contribution in [0.3, 0.4) is 0 Å². The summed E-state index contributed by atoms with van der Waals surface area (Å²) in [4.78, 5) is 26.1. The Morgan fingerprint density at radius 1 is 1.22 bits per heavy atom. The molecule has 5 nitrogen and oxygen atoms in total. The van der Waals surface area contributed by atoms with Crippen LogP contribution in [-0.2, 0) is 6.42 Å². The summed E-state index contributed by atoms with van der Waals surface area (Å²) in [7, 11) is 1.59. The van der Waals surface area contributed by atoms with E-state index < -0.39 is 11.5 Å². The number of thioether (sulfide) groups is 1. The number of hydrogen-bond donors (Lipinski definition) is 1. The van der Waals surface area contributed by atoms with Crippen LogP contribution in [0.5, 0.6) is 5.75 Å². The van der Waals surface area contributed by atoms with Gasteiger partial charge < -0.3 is 14.5 Å². The summed E-state index contributed by atoms with van der Waals surface area (Å²) in [5.41, 5.74) is 1.30. The summed E-state index contributed by atoms with van der Waals surface area (Å²) >= 11 is 1.52. The van der Waals surface area contributed by atoms with Gasteiger partial charge >= 0.3 is 5.63 Å². The molecule has 2 aromatic carbocycles. The highest BCUT2D eigenvalue weighted by atomic mass is 32.2. The zero-order valence-corrected chi connectivity index (χ0v) is 16.3. The van der Waals surface area contributed by atoms with Crippen molar-refractivity contribution in [3.05, 3.63) is 64.0 Å². The second-order valence-electron chi connectivity index (χ2n) is 6.02. The van der Waals surface area contributed by atoms with Crippen LogP contribution in [0.1, 0.15) is 29.3 Å². The van der Waals surface area contributed by atoms with E-state index in [1.165, 1.54) is 11.8 Å². The van der Waals surface area contributed by atoms with Crippen molar-refractivity contribution in [3.63, 3.8) is 0 Å². The standard InChI is InChI=1S/C21H21NO4S/c1-4-7-14-17(25-2)11-10-13-12-15(21(24)26-19(13)14)20(23)22-16-8-5-6-9-18(16)27-3/h5-6,8-12H,4,7H2,1-3H3,(H,22,23). The van der Waals surface area contributed by atoms with E-state index in [2.05, 4.69) is 5.32 Å². The van der Waals surface area contributed by atoms with Gasteiger partial charge in [0.05, 0.1) is 12.8 Å². The van der Waals surface area contributed by atoms with Crippen LogP contribution < -0.4 is 15.7 Å². The normalized spacial score (nSPS) is 10.8. The van der Waals surface area contributed by atoms with E-state index in [-0.39, 0.29) is 5.56 Å². The number of carbonyl (C=O) groups is 1. The van der Waals surface area contributed by atoms with E-state index in [1.54, 1.807) is 25.3 Å². The first-order valence-electron chi connectivity index (χ1n) is 8.67. The molecule has 0 spiro atoms. The molecule has 3 rings (SSSR count).